The first kappa shape index (κ1) is 17.8. The Morgan fingerprint density at radius 2 is 2.16 bits per heavy atom. The second-order valence-corrected chi connectivity index (χ2v) is 7.89. The first-order chi connectivity index (χ1) is 12.0. The molecule has 0 radical (unpaired) electrons. The van der Waals surface area contributed by atoms with Crippen molar-refractivity contribution in [3.05, 3.63) is 36.2 Å². The van der Waals surface area contributed by atoms with E-state index in [-0.39, 0.29) is 11.7 Å². The van der Waals surface area contributed by atoms with Gasteiger partial charge in [0.1, 0.15) is 11.9 Å². The van der Waals surface area contributed by atoms with Crippen molar-refractivity contribution in [1.29, 1.82) is 0 Å². The van der Waals surface area contributed by atoms with Crippen molar-refractivity contribution in [2.24, 2.45) is 0 Å². The third-order valence-corrected chi connectivity index (χ3v) is 6.10. The summed E-state index contributed by atoms with van der Waals surface area (Å²) >= 11 is 2.77. The Bertz CT molecular complexity index is 770. The summed E-state index contributed by atoms with van der Waals surface area (Å²) in [5.41, 5.74) is 0.916. The Hall–Kier alpha value is -2.00. The van der Waals surface area contributed by atoms with Gasteiger partial charge in [0.25, 0.3) is 0 Å². The number of nitrogens with zero attached hydrogens (tertiary/aromatic N) is 3. The molecule has 2 N–H and O–H groups in total. The predicted molar refractivity (Wildman–Crippen MR) is 97.3 cm³/mol. The average molecular weight is 378 g/mol. The molecular formula is C16H18N4O3S2. The number of aromatic nitrogens is 3. The largest absolute Gasteiger partial charge is 0.479 e. The van der Waals surface area contributed by atoms with Gasteiger partial charge in [-0.05, 0) is 31.2 Å². The van der Waals surface area contributed by atoms with Crippen LogP contribution < -0.4 is 5.32 Å². The molecule has 9 heteroatoms. The maximum atomic E-state index is 12.2. The van der Waals surface area contributed by atoms with Gasteiger partial charge in [-0.15, -0.1) is 10.2 Å². The van der Waals surface area contributed by atoms with Crippen LogP contribution in [0.5, 0.6) is 0 Å². The van der Waals surface area contributed by atoms with Crippen LogP contribution in [-0.2, 0) is 9.59 Å². The molecule has 2 aromatic rings. The minimum absolute atomic E-state index is 0.0876. The molecule has 1 amide bonds. The molecule has 1 atom stereocenters. The average Bonchev–Trinajstić information content (AvgIpc) is 3.23. The summed E-state index contributed by atoms with van der Waals surface area (Å²) in [4.78, 5) is 23.7. The van der Waals surface area contributed by atoms with Gasteiger partial charge in [0.05, 0.1) is 5.75 Å². The number of aryl methyl sites for hydroxylation is 1. The Kier molecular flexibility index (Phi) is 5.33. The van der Waals surface area contributed by atoms with Crippen molar-refractivity contribution in [1.82, 2.24) is 20.1 Å². The van der Waals surface area contributed by atoms with E-state index in [9.17, 15) is 14.7 Å². The number of carboxylic acid groups (broad SMARTS) is 1. The van der Waals surface area contributed by atoms with Gasteiger partial charge in [-0.25, -0.2) is 4.79 Å². The number of aliphatic carboxylic acids is 1. The highest BCUT2D eigenvalue weighted by molar-refractivity contribution is 8.00. The lowest BCUT2D eigenvalue weighted by molar-refractivity contribution is -0.146. The normalized spacial score (nSPS) is 19.7. The van der Waals surface area contributed by atoms with E-state index >= 15 is 0 Å². The lowest BCUT2D eigenvalue weighted by Gasteiger charge is -2.24. The summed E-state index contributed by atoms with van der Waals surface area (Å²) in [7, 11) is 0. The maximum absolute atomic E-state index is 12.2. The minimum Gasteiger partial charge on any atom is -0.479 e. The number of carbonyl (C=O) groups excluding carboxylic acids is 1. The zero-order valence-corrected chi connectivity index (χ0v) is 15.3. The molecule has 132 valence electrons. The molecule has 1 unspecified atom stereocenters. The van der Waals surface area contributed by atoms with Gasteiger partial charge in [-0.2, -0.15) is 11.8 Å². The first-order valence-electron chi connectivity index (χ1n) is 7.72. The number of hydrogen-bond donors (Lipinski definition) is 2. The van der Waals surface area contributed by atoms with Crippen molar-refractivity contribution < 1.29 is 14.7 Å². The van der Waals surface area contributed by atoms with E-state index in [1.54, 1.807) is 10.9 Å². The fourth-order valence-corrected chi connectivity index (χ4v) is 4.58. The van der Waals surface area contributed by atoms with E-state index in [4.69, 9.17) is 0 Å². The highest BCUT2D eigenvalue weighted by atomic mass is 32.2. The van der Waals surface area contributed by atoms with Crippen molar-refractivity contribution in [2.75, 3.05) is 17.3 Å². The molecular weight excluding hydrogens is 360 g/mol. The molecule has 1 aromatic heterocycles. The van der Waals surface area contributed by atoms with Gasteiger partial charge in [0.15, 0.2) is 5.16 Å². The van der Waals surface area contributed by atoms with Gasteiger partial charge in [0.2, 0.25) is 5.91 Å². The molecule has 1 saturated heterocycles. The molecule has 0 aliphatic carbocycles. The highest BCUT2D eigenvalue weighted by Crippen LogP contribution is 2.28. The van der Waals surface area contributed by atoms with Crippen molar-refractivity contribution >= 4 is 35.4 Å². The summed E-state index contributed by atoms with van der Waals surface area (Å²) in [6, 6.07) is 7.89. The Morgan fingerprint density at radius 1 is 1.40 bits per heavy atom. The smallest absolute Gasteiger partial charge is 0.330 e. The SMILES string of the molecule is Cc1ccc(-n2cnnc2SCC(=O)NC2(C(=O)O)CCSC2)cc1. The summed E-state index contributed by atoms with van der Waals surface area (Å²) in [6.45, 7) is 2.01. The molecule has 1 aliphatic heterocycles. The lowest BCUT2D eigenvalue weighted by atomic mass is 9.99. The summed E-state index contributed by atoms with van der Waals surface area (Å²) in [6.07, 6.45) is 2.04. The Labute approximate surface area is 153 Å². The highest BCUT2D eigenvalue weighted by Gasteiger charge is 2.43. The van der Waals surface area contributed by atoms with Crippen LogP contribution in [0.15, 0.2) is 35.7 Å². The number of rotatable bonds is 6. The topological polar surface area (TPSA) is 97.1 Å². The third kappa shape index (κ3) is 3.98. The molecule has 2 heterocycles. The monoisotopic (exact) mass is 378 g/mol. The van der Waals surface area contributed by atoms with Gasteiger partial charge in [-0.3, -0.25) is 9.36 Å². The number of hydrogen-bond acceptors (Lipinski definition) is 6. The van der Waals surface area contributed by atoms with Crippen LogP contribution in [0, 0.1) is 6.92 Å². The van der Waals surface area contributed by atoms with E-state index in [2.05, 4.69) is 15.5 Å². The van der Waals surface area contributed by atoms with Gasteiger partial charge >= 0.3 is 5.97 Å². The van der Waals surface area contributed by atoms with Crippen LogP contribution in [0.25, 0.3) is 5.69 Å². The fraction of sp³-hybridized carbons (Fsp3) is 0.375. The van der Waals surface area contributed by atoms with Gasteiger partial charge < -0.3 is 10.4 Å². The summed E-state index contributed by atoms with van der Waals surface area (Å²) in [5.74, 6) is -0.0590. The summed E-state index contributed by atoms with van der Waals surface area (Å²) in [5, 5.41) is 20.6. The van der Waals surface area contributed by atoms with Crippen LogP contribution >= 0.6 is 23.5 Å². The number of amides is 1. The second-order valence-electron chi connectivity index (χ2n) is 5.85. The van der Waals surface area contributed by atoms with Crippen LogP contribution in [0.4, 0.5) is 0 Å². The van der Waals surface area contributed by atoms with Crippen molar-refractivity contribution in [3.63, 3.8) is 0 Å². The molecule has 7 nitrogen and oxygen atoms in total. The number of nitrogens with one attached hydrogen (secondary N) is 1. The third-order valence-electron chi connectivity index (χ3n) is 3.97. The minimum atomic E-state index is -1.15. The van der Waals surface area contributed by atoms with E-state index in [1.807, 2.05) is 31.2 Å². The second kappa shape index (κ2) is 7.49. The quantitative estimate of drug-likeness (QED) is 0.739. The van der Waals surface area contributed by atoms with E-state index in [0.29, 0.717) is 17.3 Å². The first-order valence-corrected chi connectivity index (χ1v) is 9.86. The van der Waals surface area contributed by atoms with Gasteiger partial charge in [-0.1, -0.05) is 29.5 Å². The van der Waals surface area contributed by atoms with Crippen LogP contribution in [-0.4, -0.2) is 54.5 Å². The maximum Gasteiger partial charge on any atom is 0.330 e. The molecule has 0 saturated carbocycles. The Balaban J connectivity index is 1.64. The molecule has 0 bridgehead atoms. The number of thioether (sulfide) groups is 2. The fourth-order valence-electron chi connectivity index (χ4n) is 2.52. The molecule has 1 fully saturated rings. The van der Waals surface area contributed by atoms with Crippen molar-refractivity contribution in [2.45, 2.75) is 24.0 Å². The summed E-state index contributed by atoms with van der Waals surface area (Å²) < 4.78 is 1.80. The molecule has 1 aliphatic rings. The van der Waals surface area contributed by atoms with Crippen LogP contribution in [0.3, 0.4) is 0 Å². The zero-order valence-electron chi connectivity index (χ0n) is 13.6. The zero-order chi connectivity index (χ0) is 17.9. The van der Waals surface area contributed by atoms with Crippen LogP contribution in [0.1, 0.15) is 12.0 Å². The van der Waals surface area contributed by atoms with E-state index in [1.165, 1.54) is 23.5 Å². The Morgan fingerprint density at radius 3 is 2.80 bits per heavy atom. The molecule has 0 spiro atoms. The lowest BCUT2D eigenvalue weighted by Crippen LogP contribution is -2.55. The van der Waals surface area contributed by atoms with Crippen LogP contribution in [0.2, 0.25) is 0 Å². The number of benzene rings is 1. The standard InChI is InChI=1S/C16H18N4O3S2/c1-11-2-4-12(5-3-11)20-10-17-19-15(20)25-8-13(21)18-16(14(22)23)6-7-24-9-16/h2-5,10H,6-9H2,1H3,(H,18,21)(H,22,23). The predicted octanol–water partition coefficient (Wildman–Crippen LogP) is 1.74. The molecule has 3 rings (SSSR count). The molecule has 1 aromatic carbocycles. The van der Waals surface area contributed by atoms with Gasteiger partial charge in [0, 0.05) is 11.4 Å². The molecule has 25 heavy (non-hydrogen) atoms. The van der Waals surface area contributed by atoms with E-state index < -0.39 is 11.5 Å². The number of carbonyl (C=O) groups is 2. The van der Waals surface area contributed by atoms with Crippen molar-refractivity contribution in [3.8, 4) is 5.69 Å². The van der Waals surface area contributed by atoms with E-state index in [0.717, 1.165) is 17.0 Å². The number of carboxylic acids is 1.